The molecule has 2 rings (SSSR count). The summed E-state index contributed by atoms with van der Waals surface area (Å²) >= 11 is 0. The van der Waals surface area contributed by atoms with Gasteiger partial charge in [-0.3, -0.25) is 4.98 Å². The molecular weight excluding hydrogens is 272 g/mol. The standard InChI is InChI=1S/C19H28N2O/c1-2-3-4-5-6-7-8-9-10-18-16(14-20)13-17-15-22-12-11-19(17)21-18/h13H,2-12,15H2,1H3. The van der Waals surface area contributed by atoms with Gasteiger partial charge in [-0.1, -0.05) is 51.9 Å². The van der Waals surface area contributed by atoms with Gasteiger partial charge < -0.3 is 4.74 Å². The number of ether oxygens (including phenoxy) is 1. The first-order valence-corrected chi connectivity index (χ1v) is 8.84. The van der Waals surface area contributed by atoms with Crippen LogP contribution in [0.25, 0.3) is 0 Å². The third-order valence-corrected chi connectivity index (χ3v) is 4.40. The first-order valence-electron chi connectivity index (χ1n) is 8.84. The molecule has 3 heteroatoms. The van der Waals surface area contributed by atoms with Crippen LogP contribution in [-0.2, 0) is 24.2 Å². The molecule has 1 aromatic rings. The smallest absolute Gasteiger partial charge is 0.101 e. The Bertz CT molecular complexity index is 505. The van der Waals surface area contributed by atoms with Crippen LogP contribution in [0, 0.1) is 11.3 Å². The maximum absolute atomic E-state index is 9.31. The fraction of sp³-hybridized carbons (Fsp3) is 0.684. The molecule has 0 aromatic carbocycles. The summed E-state index contributed by atoms with van der Waals surface area (Å²) in [6.07, 6.45) is 12.3. The number of nitriles is 1. The predicted octanol–water partition coefficient (Wildman–Crippen LogP) is 4.71. The van der Waals surface area contributed by atoms with E-state index in [9.17, 15) is 5.26 Å². The summed E-state index contributed by atoms with van der Waals surface area (Å²) in [6, 6.07) is 4.29. The largest absolute Gasteiger partial charge is 0.376 e. The van der Waals surface area contributed by atoms with Crippen LogP contribution >= 0.6 is 0 Å². The molecule has 0 saturated heterocycles. The van der Waals surface area contributed by atoms with Gasteiger partial charge in [-0.05, 0) is 18.9 Å². The second-order valence-corrected chi connectivity index (χ2v) is 6.23. The molecule has 0 spiro atoms. The number of aryl methyl sites for hydroxylation is 1. The van der Waals surface area contributed by atoms with Gasteiger partial charge in [0.1, 0.15) is 6.07 Å². The Hall–Kier alpha value is -1.40. The van der Waals surface area contributed by atoms with Crippen molar-refractivity contribution in [2.45, 2.75) is 77.7 Å². The lowest BCUT2D eigenvalue weighted by Gasteiger charge is -2.17. The lowest BCUT2D eigenvalue weighted by atomic mass is 10.0. The van der Waals surface area contributed by atoms with Crippen LogP contribution in [-0.4, -0.2) is 11.6 Å². The molecule has 2 heterocycles. The van der Waals surface area contributed by atoms with E-state index < -0.39 is 0 Å². The van der Waals surface area contributed by atoms with Gasteiger partial charge >= 0.3 is 0 Å². The Morgan fingerprint density at radius 1 is 1.14 bits per heavy atom. The lowest BCUT2D eigenvalue weighted by molar-refractivity contribution is 0.109. The molecule has 1 aliphatic rings. The summed E-state index contributed by atoms with van der Waals surface area (Å²) in [5.41, 5.74) is 3.98. The molecule has 0 aliphatic carbocycles. The molecule has 0 fully saturated rings. The number of fused-ring (bicyclic) bond motifs is 1. The second kappa shape index (κ2) is 9.58. The summed E-state index contributed by atoms with van der Waals surface area (Å²) in [5, 5.41) is 9.31. The van der Waals surface area contributed by atoms with Crippen LogP contribution in [0.2, 0.25) is 0 Å². The molecule has 1 aromatic heterocycles. The summed E-state index contributed by atoms with van der Waals surface area (Å²) in [7, 11) is 0. The van der Waals surface area contributed by atoms with Gasteiger partial charge in [-0.2, -0.15) is 5.26 Å². The average Bonchev–Trinajstić information content (AvgIpc) is 2.56. The zero-order chi connectivity index (χ0) is 15.6. The molecule has 0 atom stereocenters. The highest BCUT2D eigenvalue weighted by atomic mass is 16.5. The Morgan fingerprint density at radius 2 is 1.86 bits per heavy atom. The van der Waals surface area contributed by atoms with Crippen molar-refractivity contribution in [3.05, 3.63) is 28.6 Å². The Morgan fingerprint density at radius 3 is 2.59 bits per heavy atom. The van der Waals surface area contributed by atoms with Gasteiger partial charge in [0.05, 0.1) is 24.5 Å². The zero-order valence-electron chi connectivity index (χ0n) is 13.9. The normalized spacial score (nSPS) is 13.6. The van der Waals surface area contributed by atoms with E-state index in [0.29, 0.717) is 6.61 Å². The van der Waals surface area contributed by atoms with E-state index in [2.05, 4.69) is 13.0 Å². The molecule has 0 bridgehead atoms. The van der Waals surface area contributed by atoms with Gasteiger partial charge in [-0.15, -0.1) is 0 Å². The van der Waals surface area contributed by atoms with Crippen LogP contribution in [0.5, 0.6) is 0 Å². The monoisotopic (exact) mass is 300 g/mol. The van der Waals surface area contributed by atoms with Crippen molar-refractivity contribution in [1.29, 1.82) is 5.26 Å². The number of unbranched alkanes of at least 4 members (excludes halogenated alkanes) is 7. The summed E-state index contributed by atoms with van der Waals surface area (Å²) in [6.45, 7) is 3.61. The molecular formula is C19H28N2O. The van der Waals surface area contributed by atoms with Crippen molar-refractivity contribution in [3.63, 3.8) is 0 Å². The zero-order valence-corrected chi connectivity index (χ0v) is 13.9. The lowest BCUT2D eigenvalue weighted by Crippen LogP contribution is -2.14. The maximum atomic E-state index is 9.31. The van der Waals surface area contributed by atoms with E-state index in [0.717, 1.165) is 48.4 Å². The van der Waals surface area contributed by atoms with Crippen molar-refractivity contribution in [2.75, 3.05) is 6.61 Å². The fourth-order valence-electron chi connectivity index (χ4n) is 3.04. The number of nitrogens with zero attached hydrogens (tertiary/aromatic N) is 2. The van der Waals surface area contributed by atoms with Crippen LogP contribution in [0.15, 0.2) is 6.07 Å². The maximum Gasteiger partial charge on any atom is 0.101 e. The Kier molecular flexibility index (Phi) is 7.39. The van der Waals surface area contributed by atoms with Crippen LogP contribution < -0.4 is 0 Å². The van der Waals surface area contributed by atoms with Gasteiger partial charge in [0.25, 0.3) is 0 Å². The SMILES string of the molecule is CCCCCCCCCCc1nc2c(cc1C#N)COCC2. The van der Waals surface area contributed by atoms with Crippen molar-refractivity contribution >= 4 is 0 Å². The van der Waals surface area contributed by atoms with E-state index in [-0.39, 0.29) is 0 Å². The number of hydrogen-bond donors (Lipinski definition) is 0. The van der Waals surface area contributed by atoms with Gasteiger partial charge in [-0.25, -0.2) is 0 Å². The fourth-order valence-corrected chi connectivity index (χ4v) is 3.04. The van der Waals surface area contributed by atoms with E-state index in [1.807, 2.05) is 6.07 Å². The Labute approximate surface area is 134 Å². The van der Waals surface area contributed by atoms with Gasteiger partial charge in [0, 0.05) is 17.7 Å². The first kappa shape index (κ1) is 17.0. The second-order valence-electron chi connectivity index (χ2n) is 6.23. The van der Waals surface area contributed by atoms with Gasteiger partial charge in [0.15, 0.2) is 0 Å². The highest BCUT2D eigenvalue weighted by Gasteiger charge is 2.15. The van der Waals surface area contributed by atoms with Crippen molar-refractivity contribution in [3.8, 4) is 6.07 Å². The number of rotatable bonds is 9. The van der Waals surface area contributed by atoms with Crippen LogP contribution in [0.4, 0.5) is 0 Å². The van der Waals surface area contributed by atoms with Crippen LogP contribution in [0.1, 0.15) is 80.8 Å². The topological polar surface area (TPSA) is 45.9 Å². The van der Waals surface area contributed by atoms with Crippen molar-refractivity contribution in [1.82, 2.24) is 4.98 Å². The van der Waals surface area contributed by atoms with Gasteiger partial charge in [0.2, 0.25) is 0 Å². The summed E-state index contributed by atoms with van der Waals surface area (Å²) < 4.78 is 5.44. The first-order chi connectivity index (χ1) is 10.8. The van der Waals surface area contributed by atoms with E-state index in [4.69, 9.17) is 9.72 Å². The summed E-state index contributed by atoms with van der Waals surface area (Å²) in [5.74, 6) is 0. The molecule has 0 N–H and O–H groups in total. The predicted molar refractivity (Wildman–Crippen MR) is 88.6 cm³/mol. The molecule has 120 valence electrons. The minimum absolute atomic E-state index is 0.606. The van der Waals surface area contributed by atoms with E-state index in [1.54, 1.807) is 0 Å². The quantitative estimate of drug-likeness (QED) is 0.620. The molecule has 0 amide bonds. The Balaban J connectivity index is 1.76. The third kappa shape index (κ3) is 5.10. The van der Waals surface area contributed by atoms with E-state index in [1.165, 1.54) is 44.9 Å². The molecule has 0 radical (unpaired) electrons. The highest BCUT2D eigenvalue weighted by Crippen LogP contribution is 2.20. The molecule has 0 saturated carbocycles. The summed E-state index contributed by atoms with van der Waals surface area (Å²) in [4.78, 5) is 4.74. The molecule has 22 heavy (non-hydrogen) atoms. The molecule has 0 unspecified atom stereocenters. The third-order valence-electron chi connectivity index (χ3n) is 4.40. The van der Waals surface area contributed by atoms with E-state index >= 15 is 0 Å². The molecule has 1 aliphatic heterocycles. The van der Waals surface area contributed by atoms with Crippen LogP contribution in [0.3, 0.4) is 0 Å². The average molecular weight is 300 g/mol. The number of pyridine rings is 1. The minimum atomic E-state index is 0.606. The number of aromatic nitrogens is 1. The minimum Gasteiger partial charge on any atom is -0.376 e. The highest BCUT2D eigenvalue weighted by molar-refractivity contribution is 5.39. The number of hydrogen-bond acceptors (Lipinski definition) is 3. The van der Waals surface area contributed by atoms with Crippen molar-refractivity contribution in [2.24, 2.45) is 0 Å². The van der Waals surface area contributed by atoms with Crippen molar-refractivity contribution < 1.29 is 4.74 Å². The molecule has 3 nitrogen and oxygen atoms in total.